The maximum atomic E-state index is 13.3. The fourth-order valence-corrected chi connectivity index (χ4v) is 1.70. The van der Waals surface area contributed by atoms with Crippen LogP contribution in [0.2, 0.25) is 0 Å². The van der Waals surface area contributed by atoms with Crippen LogP contribution in [0.4, 0.5) is 4.39 Å². The number of rotatable bonds is 5. The summed E-state index contributed by atoms with van der Waals surface area (Å²) in [6.07, 6.45) is 2.37. The van der Waals surface area contributed by atoms with Crippen molar-refractivity contribution in [2.24, 2.45) is 5.92 Å². The Bertz CT molecular complexity index is 421. The SMILES string of the molecule is O=C(COc1ccc(Br)cc1F)NCC1CC1. The summed E-state index contributed by atoms with van der Waals surface area (Å²) in [5.74, 6) is 0.0340. The normalized spacial score (nSPS) is 14.5. The van der Waals surface area contributed by atoms with E-state index in [0.29, 0.717) is 16.9 Å². The topological polar surface area (TPSA) is 38.3 Å². The number of benzene rings is 1. The first-order chi connectivity index (χ1) is 8.15. The van der Waals surface area contributed by atoms with Crippen molar-refractivity contribution in [3.05, 3.63) is 28.5 Å². The zero-order valence-corrected chi connectivity index (χ0v) is 10.8. The summed E-state index contributed by atoms with van der Waals surface area (Å²) in [7, 11) is 0. The van der Waals surface area contributed by atoms with E-state index in [1.54, 1.807) is 6.07 Å². The van der Waals surface area contributed by atoms with Crippen molar-refractivity contribution in [2.75, 3.05) is 13.2 Å². The Morgan fingerprint density at radius 1 is 1.53 bits per heavy atom. The van der Waals surface area contributed by atoms with Gasteiger partial charge in [0.25, 0.3) is 5.91 Å². The molecule has 0 spiro atoms. The van der Waals surface area contributed by atoms with Crippen LogP contribution in [0.5, 0.6) is 5.75 Å². The van der Waals surface area contributed by atoms with Crippen LogP contribution in [0.3, 0.4) is 0 Å². The van der Waals surface area contributed by atoms with Crippen molar-refractivity contribution in [3.63, 3.8) is 0 Å². The highest BCUT2D eigenvalue weighted by molar-refractivity contribution is 9.10. The molecule has 1 aromatic carbocycles. The molecule has 0 bridgehead atoms. The fraction of sp³-hybridized carbons (Fsp3) is 0.417. The van der Waals surface area contributed by atoms with Crippen LogP contribution < -0.4 is 10.1 Å². The predicted molar refractivity (Wildman–Crippen MR) is 65.3 cm³/mol. The summed E-state index contributed by atoms with van der Waals surface area (Å²) in [6, 6.07) is 4.46. The highest BCUT2D eigenvalue weighted by atomic mass is 79.9. The van der Waals surface area contributed by atoms with Gasteiger partial charge in [0.1, 0.15) is 0 Å². The van der Waals surface area contributed by atoms with Crippen molar-refractivity contribution in [3.8, 4) is 5.75 Å². The van der Waals surface area contributed by atoms with Gasteiger partial charge in [-0.2, -0.15) is 0 Å². The summed E-state index contributed by atoms with van der Waals surface area (Å²) in [5, 5.41) is 2.75. The van der Waals surface area contributed by atoms with Crippen molar-refractivity contribution in [1.29, 1.82) is 0 Å². The summed E-state index contributed by atoms with van der Waals surface area (Å²) in [4.78, 5) is 11.4. The minimum Gasteiger partial charge on any atom is -0.481 e. The Labute approximate surface area is 107 Å². The van der Waals surface area contributed by atoms with Gasteiger partial charge in [0.15, 0.2) is 18.2 Å². The number of carbonyl (C=O) groups is 1. The number of ether oxygens (including phenoxy) is 1. The van der Waals surface area contributed by atoms with E-state index in [0.717, 1.165) is 0 Å². The third kappa shape index (κ3) is 4.00. The molecule has 1 aliphatic rings. The molecule has 1 N–H and O–H groups in total. The molecule has 1 saturated carbocycles. The van der Waals surface area contributed by atoms with Crippen LogP contribution in [0, 0.1) is 11.7 Å². The quantitative estimate of drug-likeness (QED) is 0.907. The Balaban J connectivity index is 1.77. The molecule has 0 aromatic heterocycles. The van der Waals surface area contributed by atoms with E-state index in [-0.39, 0.29) is 18.3 Å². The van der Waals surface area contributed by atoms with E-state index in [2.05, 4.69) is 21.2 Å². The lowest BCUT2D eigenvalue weighted by molar-refractivity contribution is -0.123. The van der Waals surface area contributed by atoms with Gasteiger partial charge in [-0.05, 0) is 37.0 Å². The third-order valence-corrected chi connectivity index (χ3v) is 3.03. The van der Waals surface area contributed by atoms with E-state index in [1.807, 2.05) is 0 Å². The molecule has 0 unspecified atom stereocenters. The minimum absolute atomic E-state index is 0.0924. The smallest absolute Gasteiger partial charge is 0.257 e. The largest absolute Gasteiger partial charge is 0.481 e. The van der Waals surface area contributed by atoms with Crippen molar-refractivity contribution < 1.29 is 13.9 Å². The van der Waals surface area contributed by atoms with Crippen molar-refractivity contribution in [1.82, 2.24) is 5.32 Å². The average molecular weight is 302 g/mol. The fourth-order valence-electron chi connectivity index (χ4n) is 1.37. The lowest BCUT2D eigenvalue weighted by Crippen LogP contribution is -2.30. The van der Waals surface area contributed by atoms with Crippen LogP contribution in [-0.4, -0.2) is 19.1 Å². The molecular formula is C12H13BrFNO2. The van der Waals surface area contributed by atoms with Gasteiger partial charge >= 0.3 is 0 Å². The molecule has 92 valence electrons. The van der Waals surface area contributed by atoms with Crippen LogP contribution in [0.1, 0.15) is 12.8 Å². The van der Waals surface area contributed by atoms with Crippen molar-refractivity contribution in [2.45, 2.75) is 12.8 Å². The number of halogens is 2. The van der Waals surface area contributed by atoms with Gasteiger partial charge in [0.05, 0.1) is 0 Å². The van der Waals surface area contributed by atoms with Gasteiger partial charge in [0.2, 0.25) is 0 Å². The molecular weight excluding hydrogens is 289 g/mol. The molecule has 0 radical (unpaired) electrons. The zero-order chi connectivity index (χ0) is 12.3. The average Bonchev–Trinajstić information content (AvgIpc) is 3.09. The highest BCUT2D eigenvalue weighted by Crippen LogP contribution is 2.27. The van der Waals surface area contributed by atoms with Gasteiger partial charge in [-0.25, -0.2) is 4.39 Å². The lowest BCUT2D eigenvalue weighted by Gasteiger charge is -2.07. The summed E-state index contributed by atoms with van der Waals surface area (Å²) in [5.41, 5.74) is 0. The molecule has 0 atom stereocenters. The van der Waals surface area contributed by atoms with Gasteiger partial charge in [0, 0.05) is 11.0 Å². The minimum atomic E-state index is -0.477. The molecule has 1 amide bonds. The van der Waals surface area contributed by atoms with E-state index >= 15 is 0 Å². The predicted octanol–water partition coefficient (Wildman–Crippen LogP) is 2.49. The first-order valence-corrected chi connectivity index (χ1v) is 6.29. The number of hydrogen-bond acceptors (Lipinski definition) is 2. The van der Waals surface area contributed by atoms with Gasteiger partial charge < -0.3 is 10.1 Å². The number of amides is 1. The molecule has 0 heterocycles. The second kappa shape index (κ2) is 5.49. The Morgan fingerprint density at radius 3 is 2.94 bits per heavy atom. The lowest BCUT2D eigenvalue weighted by atomic mass is 10.3. The summed E-state index contributed by atoms with van der Waals surface area (Å²) in [6.45, 7) is 0.552. The summed E-state index contributed by atoms with van der Waals surface area (Å²) >= 11 is 3.15. The van der Waals surface area contributed by atoms with Gasteiger partial charge in [-0.3, -0.25) is 4.79 Å². The van der Waals surface area contributed by atoms with Crippen LogP contribution >= 0.6 is 15.9 Å². The molecule has 0 saturated heterocycles. The second-order valence-corrected chi connectivity index (χ2v) is 5.03. The van der Waals surface area contributed by atoms with Crippen LogP contribution in [0.25, 0.3) is 0 Å². The van der Waals surface area contributed by atoms with Crippen LogP contribution in [0.15, 0.2) is 22.7 Å². The Morgan fingerprint density at radius 2 is 2.29 bits per heavy atom. The van der Waals surface area contributed by atoms with E-state index in [4.69, 9.17) is 4.74 Å². The monoisotopic (exact) mass is 301 g/mol. The summed E-state index contributed by atoms with van der Waals surface area (Å²) < 4.78 is 19.1. The third-order valence-electron chi connectivity index (χ3n) is 2.54. The molecule has 2 rings (SSSR count). The second-order valence-electron chi connectivity index (χ2n) is 4.11. The molecule has 3 nitrogen and oxygen atoms in total. The standard InChI is InChI=1S/C12H13BrFNO2/c13-9-3-4-11(10(14)5-9)17-7-12(16)15-6-8-1-2-8/h3-5,8H,1-2,6-7H2,(H,15,16). The van der Waals surface area contributed by atoms with Crippen LogP contribution in [-0.2, 0) is 4.79 Å². The Kier molecular flexibility index (Phi) is 3.99. The molecule has 17 heavy (non-hydrogen) atoms. The maximum absolute atomic E-state index is 13.3. The molecule has 1 fully saturated rings. The van der Waals surface area contributed by atoms with Crippen molar-refractivity contribution >= 4 is 21.8 Å². The Hall–Kier alpha value is -1.10. The van der Waals surface area contributed by atoms with Gasteiger partial charge in [-0.15, -0.1) is 0 Å². The molecule has 1 aliphatic carbocycles. The number of carbonyl (C=O) groups excluding carboxylic acids is 1. The molecule has 1 aromatic rings. The van der Waals surface area contributed by atoms with Gasteiger partial charge in [-0.1, -0.05) is 15.9 Å². The van der Waals surface area contributed by atoms with E-state index in [1.165, 1.54) is 25.0 Å². The highest BCUT2D eigenvalue weighted by Gasteiger charge is 2.21. The zero-order valence-electron chi connectivity index (χ0n) is 9.21. The molecule has 0 aliphatic heterocycles. The maximum Gasteiger partial charge on any atom is 0.257 e. The number of hydrogen-bond donors (Lipinski definition) is 1. The van der Waals surface area contributed by atoms with E-state index in [9.17, 15) is 9.18 Å². The first kappa shape index (κ1) is 12.4. The molecule has 5 heteroatoms. The number of nitrogens with one attached hydrogen (secondary N) is 1. The first-order valence-electron chi connectivity index (χ1n) is 5.49. The van der Waals surface area contributed by atoms with E-state index < -0.39 is 5.82 Å².